The van der Waals surface area contributed by atoms with Crippen molar-refractivity contribution in [3.63, 3.8) is 0 Å². The highest BCUT2D eigenvalue weighted by atomic mass is 79.9. The Morgan fingerprint density at radius 2 is 2.06 bits per heavy atom. The molecule has 4 heteroatoms. The molecule has 3 aromatic rings. The van der Waals surface area contributed by atoms with Gasteiger partial charge in [-0.25, -0.2) is 4.98 Å². The van der Waals surface area contributed by atoms with Crippen LogP contribution < -0.4 is 5.32 Å². The van der Waals surface area contributed by atoms with Gasteiger partial charge in [-0.05, 0) is 59.3 Å². The van der Waals surface area contributed by atoms with Crippen LogP contribution in [0, 0.1) is 6.92 Å². The summed E-state index contributed by atoms with van der Waals surface area (Å²) in [4.78, 5) is 7.65. The fourth-order valence-corrected chi connectivity index (χ4v) is 2.11. The first-order valence-electron chi connectivity index (χ1n) is 5.70. The largest absolute Gasteiger partial charge is 0.361 e. The molecule has 0 unspecified atom stereocenters. The Morgan fingerprint density at radius 3 is 2.89 bits per heavy atom. The van der Waals surface area contributed by atoms with Crippen molar-refractivity contribution in [2.45, 2.75) is 6.92 Å². The minimum Gasteiger partial charge on any atom is -0.361 e. The van der Waals surface area contributed by atoms with Crippen LogP contribution in [0.5, 0.6) is 0 Å². The molecule has 2 heterocycles. The second-order valence-electron chi connectivity index (χ2n) is 4.17. The van der Waals surface area contributed by atoms with Crippen LogP contribution >= 0.6 is 15.9 Å². The van der Waals surface area contributed by atoms with E-state index in [9.17, 15) is 0 Å². The van der Waals surface area contributed by atoms with E-state index in [0.717, 1.165) is 27.2 Å². The second kappa shape index (κ2) is 4.46. The van der Waals surface area contributed by atoms with Crippen molar-refractivity contribution in [1.29, 1.82) is 0 Å². The number of aryl methyl sites for hydroxylation is 1. The number of hydrogen-bond donors (Lipinski definition) is 2. The molecule has 0 fully saturated rings. The van der Waals surface area contributed by atoms with Crippen molar-refractivity contribution in [2.24, 2.45) is 0 Å². The van der Waals surface area contributed by atoms with Gasteiger partial charge in [0.2, 0.25) is 0 Å². The lowest BCUT2D eigenvalue weighted by Crippen LogP contribution is -1.95. The number of nitrogens with one attached hydrogen (secondary N) is 2. The molecule has 3 nitrogen and oxygen atoms in total. The van der Waals surface area contributed by atoms with E-state index in [0.29, 0.717) is 0 Å². The van der Waals surface area contributed by atoms with Gasteiger partial charge in [-0.15, -0.1) is 0 Å². The van der Waals surface area contributed by atoms with Gasteiger partial charge in [-0.3, -0.25) is 0 Å². The first-order valence-corrected chi connectivity index (χ1v) is 6.49. The maximum atomic E-state index is 4.47. The van der Waals surface area contributed by atoms with Gasteiger partial charge in [0, 0.05) is 27.3 Å². The molecule has 2 N–H and O–H groups in total. The van der Waals surface area contributed by atoms with E-state index in [1.165, 1.54) is 5.39 Å². The average molecular weight is 302 g/mol. The van der Waals surface area contributed by atoms with Gasteiger partial charge >= 0.3 is 0 Å². The number of pyridine rings is 1. The molecule has 0 saturated heterocycles. The Labute approximate surface area is 113 Å². The molecule has 3 rings (SSSR count). The summed E-state index contributed by atoms with van der Waals surface area (Å²) in [5.74, 6) is 0.852. The second-order valence-corrected chi connectivity index (χ2v) is 5.02. The number of aromatic amines is 1. The summed E-state index contributed by atoms with van der Waals surface area (Å²) in [6.45, 7) is 1.98. The quantitative estimate of drug-likeness (QED) is 0.737. The molecule has 0 spiro atoms. The number of H-pyrrole nitrogens is 1. The van der Waals surface area contributed by atoms with Crippen LogP contribution in [0.1, 0.15) is 5.69 Å². The van der Waals surface area contributed by atoms with Crippen molar-refractivity contribution in [2.75, 3.05) is 5.32 Å². The van der Waals surface area contributed by atoms with Crippen molar-refractivity contribution in [3.05, 3.63) is 52.8 Å². The van der Waals surface area contributed by atoms with Crippen LogP contribution in [0.4, 0.5) is 11.5 Å². The Morgan fingerprint density at radius 1 is 1.17 bits per heavy atom. The van der Waals surface area contributed by atoms with E-state index >= 15 is 0 Å². The van der Waals surface area contributed by atoms with E-state index < -0.39 is 0 Å². The van der Waals surface area contributed by atoms with Crippen LogP contribution in [0.15, 0.2) is 47.1 Å². The number of anilines is 2. The number of hydrogen-bond acceptors (Lipinski definition) is 2. The van der Waals surface area contributed by atoms with Gasteiger partial charge in [0.1, 0.15) is 5.82 Å². The number of fused-ring (bicyclic) bond motifs is 1. The molecule has 0 aliphatic rings. The summed E-state index contributed by atoms with van der Waals surface area (Å²) in [5.41, 5.74) is 3.15. The normalized spacial score (nSPS) is 10.8. The molecule has 0 aliphatic carbocycles. The standard InChI is InChI=1S/C14H12BrN3/c1-9-12(15)3-5-14(17-9)18-11-2-4-13-10(8-11)6-7-16-13/h2-8,16H,1H3,(H,17,18). The number of rotatable bonds is 2. The fourth-order valence-electron chi connectivity index (χ4n) is 1.89. The van der Waals surface area contributed by atoms with Gasteiger partial charge < -0.3 is 10.3 Å². The van der Waals surface area contributed by atoms with Gasteiger partial charge in [0.25, 0.3) is 0 Å². The molecule has 0 amide bonds. The molecule has 90 valence electrons. The zero-order chi connectivity index (χ0) is 12.5. The summed E-state index contributed by atoms with van der Waals surface area (Å²) in [7, 11) is 0. The number of aromatic nitrogens is 2. The predicted octanol–water partition coefficient (Wildman–Crippen LogP) is 4.38. The lowest BCUT2D eigenvalue weighted by Gasteiger charge is -2.07. The highest BCUT2D eigenvalue weighted by Gasteiger charge is 2.01. The van der Waals surface area contributed by atoms with Gasteiger partial charge in [-0.1, -0.05) is 0 Å². The topological polar surface area (TPSA) is 40.7 Å². The average Bonchev–Trinajstić information content (AvgIpc) is 2.81. The third-order valence-electron chi connectivity index (χ3n) is 2.85. The predicted molar refractivity (Wildman–Crippen MR) is 78.3 cm³/mol. The molecule has 2 aromatic heterocycles. The molecule has 18 heavy (non-hydrogen) atoms. The minimum atomic E-state index is 0.852. The van der Waals surface area contributed by atoms with Crippen molar-refractivity contribution >= 4 is 38.3 Å². The number of halogens is 1. The Balaban J connectivity index is 1.92. The molecule has 0 radical (unpaired) electrons. The maximum absolute atomic E-state index is 4.47. The Kier molecular flexibility index (Phi) is 2.80. The summed E-state index contributed by atoms with van der Waals surface area (Å²) < 4.78 is 1.02. The van der Waals surface area contributed by atoms with Crippen LogP contribution in [0.25, 0.3) is 10.9 Å². The van der Waals surface area contributed by atoms with E-state index in [4.69, 9.17) is 0 Å². The van der Waals surface area contributed by atoms with Crippen LogP contribution in [0.2, 0.25) is 0 Å². The summed E-state index contributed by atoms with van der Waals surface area (Å²) in [5, 5.41) is 4.50. The molecule has 0 bridgehead atoms. The smallest absolute Gasteiger partial charge is 0.130 e. The third kappa shape index (κ3) is 2.11. The van der Waals surface area contributed by atoms with Crippen molar-refractivity contribution in [3.8, 4) is 0 Å². The van der Waals surface area contributed by atoms with E-state index in [1.54, 1.807) is 0 Å². The molecular weight excluding hydrogens is 290 g/mol. The monoisotopic (exact) mass is 301 g/mol. The molecule has 1 aromatic carbocycles. The first kappa shape index (κ1) is 11.3. The third-order valence-corrected chi connectivity index (χ3v) is 3.69. The molecular formula is C14H12BrN3. The summed E-state index contributed by atoms with van der Waals surface area (Å²) >= 11 is 3.45. The van der Waals surface area contributed by atoms with E-state index in [2.05, 4.69) is 49.4 Å². The maximum Gasteiger partial charge on any atom is 0.130 e. The number of nitrogens with zero attached hydrogens (tertiary/aromatic N) is 1. The molecule has 0 atom stereocenters. The zero-order valence-corrected chi connectivity index (χ0v) is 11.5. The first-order chi connectivity index (χ1) is 8.72. The summed E-state index contributed by atoms with van der Waals surface area (Å²) in [6.07, 6.45) is 1.94. The number of benzene rings is 1. The summed E-state index contributed by atoms with van der Waals surface area (Å²) in [6, 6.07) is 12.2. The minimum absolute atomic E-state index is 0.852. The molecule has 0 saturated carbocycles. The lowest BCUT2D eigenvalue weighted by molar-refractivity contribution is 1.18. The van der Waals surface area contributed by atoms with Crippen LogP contribution in [-0.2, 0) is 0 Å². The van der Waals surface area contributed by atoms with Gasteiger partial charge in [-0.2, -0.15) is 0 Å². The lowest BCUT2D eigenvalue weighted by atomic mass is 10.2. The Bertz CT molecular complexity index is 703. The van der Waals surface area contributed by atoms with Crippen LogP contribution in [0.3, 0.4) is 0 Å². The van der Waals surface area contributed by atoms with Crippen molar-refractivity contribution in [1.82, 2.24) is 9.97 Å². The fraction of sp³-hybridized carbons (Fsp3) is 0.0714. The highest BCUT2D eigenvalue weighted by Crippen LogP contribution is 2.22. The van der Waals surface area contributed by atoms with Gasteiger partial charge in [0.15, 0.2) is 0 Å². The molecule has 0 aliphatic heterocycles. The zero-order valence-electron chi connectivity index (χ0n) is 9.87. The highest BCUT2D eigenvalue weighted by molar-refractivity contribution is 9.10. The van der Waals surface area contributed by atoms with Crippen molar-refractivity contribution < 1.29 is 0 Å². The van der Waals surface area contributed by atoms with E-state index in [-0.39, 0.29) is 0 Å². The SMILES string of the molecule is Cc1nc(Nc2ccc3[nH]ccc3c2)ccc1Br. The van der Waals surface area contributed by atoms with E-state index in [1.807, 2.05) is 31.3 Å². The Hall–Kier alpha value is -1.81. The van der Waals surface area contributed by atoms with Crippen LogP contribution in [-0.4, -0.2) is 9.97 Å². The van der Waals surface area contributed by atoms with Gasteiger partial charge in [0.05, 0.1) is 5.69 Å².